The first-order valence-corrected chi connectivity index (χ1v) is 9.45. The zero-order valence-electron chi connectivity index (χ0n) is 15.1. The van der Waals surface area contributed by atoms with Crippen LogP contribution in [-0.2, 0) is 11.3 Å². The molecule has 0 radical (unpaired) electrons. The summed E-state index contributed by atoms with van der Waals surface area (Å²) in [5, 5.41) is 3.02. The van der Waals surface area contributed by atoms with Crippen molar-refractivity contribution in [3.05, 3.63) is 89.0 Å². The highest BCUT2D eigenvalue weighted by Crippen LogP contribution is 2.33. The third-order valence-corrected chi connectivity index (χ3v) is 5.02. The highest BCUT2D eigenvalue weighted by Gasteiger charge is 2.23. The lowest BCUT2D eigenvalue weighted by atomic mass is 10.1. The van der Waals surface area contributed by atoms with Gasteiger partial charge < -0.3 is 5.32 Å². The number of carbonyl (C=O) groups excluding carboxylic acids is 1. The summed E-state index contributed by atoms with van der Waals surface area (Å²) in [7, 11) is 0. The van der Waals surface area contributed by atoms with E-state index >= 15 is 0 Å². The van der Waals surface area contributed by atoms with Crippen LogP contribution in [0.3, 0.4) is 0 Å². The molecule has 3 rings (SSSR count). The minimum Gasteiger partial charge on any atom is -0.351 e. The van der Waals surface area contributed by atoms with E-state index in [1.165, 1.54) is 23.9 Å². The number of rotatable bonds is 6. The van der Waals surface area contributed by atoms with E-state index in [-0.39, 0.29) is 11.7 Å². The summed E-state index contributed by atoms with van der Waals surface area (Å²) >= 11 is 1.32. The molecule has 2 aromatic carbocycles. The summed E-state index contributed by atoms with van der Waals surface area (Å²) in [4.78, 5) is 21.8. The van der Waals surface area contributed by atoms with E-state index in [1.54, 1.807) is 12.1 Å². The van der Waals surface area contributed by atoms with Crippen LogP contribution in [0.4, 0.5) is 4.39 Å². The van der Waals surface area contributed by atoms with Crippen LogP contribution in [0.5, 0.6) is 0 Å². The summed E-state index contributed by atoms with van der Waals surface area (Å²) < 4.78 is 13.0. The standard InChI is InChI=1S/C21H20FN3OS/c1-14-12-15(2)25-21(24-14)27-19(17-6-4-3-5-7-17)20(26)23-13-16-8-10-18(22)11-9-16/h3-12,19H,13H2,1-2H3,(H,23,26)/t19-/m1/s1. The number of nitrogens with zero attached hydrogens (tertiary/aromatic N) is 2. The first-order chi connectivity index (χ1) is 13.0. The molecule has 1 N–H and O–H groups in total. The number of amides is 1. The van der Waals surface area contributed by atoms with E-state index in [1.807, 2.05) is 50.2 Å². The maximum Gasteiger partial charge on any atom is 0.238 e. The molecule has 0 fully saturated rings. The second kappa shape index (κ2) is 8.77. The van der Waals surface area contributed by atoms with Gasteiger partial charge in [-0.1, -0.05) is 54.2 Å². The lowest BCUT2D eigenvalue weighted by Gasteiger charge is -2.16. The predicted octanol–water partition coefficient (Wildman–Crippen LogP) is 4.38. The molecular weight excluding hydrogens is 361 g/mol. The van der Waals surface area contributed by atoms with Crippen molar-refractivity contribution in [1.29, 1.82) is 0 Å². The average molecular weight is 381 g/mol. The third kappa shape index (κ3) is 5.37. The van der Waals surface area contributed by atoms with Crippen LogP contribution >= 0.6 is 11.8 Å². The van der Waals surface area contributed by atoms with Crippen molar-refractivity contribution in [2.45, 2.75) is 30.8 Å². The Bertz CT molecular complexity index is 896. The number of benzene rings is 2. The summed E-state index contributed by atoms with van der Waals surface area (Å²) in [6.07, 6.45) is 0. The van der Waals surface area contributed by atoms with Crippen molar-refractivity contribution in [3.8, 4) is 0 Å². The molecule has 0 spiro atoms. The topological polar surface area (TPSA) is 54.9 Å². The Morgan fingerprint density at radius 3 is 2.30 bits per heavy atom. The number of thioether (sulfide) groups is 1. The van der Waals surface area contributed by atoms with Gasteiger partial charge in [-0.2, -0.15) is 0 Å². The van der Waals surface area contributed by atoms with Gasteiger partial charge in [-0.15, -0.1) is 0 Å². The molecule has 0 bridgehead atoms. The molecule has 138 valence electrons. The molecule has 0 aliphatic heterocycles. The van der Waals surface area contributed by atoms with E-state index in [9.17, 15) is 9.18 Å². The number of hydrogen-bond donors (Lipinski definition) is 1. The second-order valence-electron chi connectivity index (χ2n) is 6.19. The number of halogens is 1. The van der Waals surface area contributed by atoms with Crippen LogP contribution < -0.4 is 5.32 Å². The lowest BCUT2D eigenvalue weighted by Crippen LogP contribution is -2.27. The molecule has 27 heavy (non-hydrogen) atoms. The average Bonchev–Trinajstić information content (AvgIpc) is 2.65. The molecule has 1 aromatic heterocycles. The van der Waals surface area contributed by atoms with Gasteiger partial charge in [0.05, 0.1) is 0 Å². The molecule has 6 heteroatoms. The Labute approximate surface area is 162 Å². The van der Waals surface area contributed by atoms with Gasteiger partial charge in [0.25, 0.3) is 0 Å². The monoisotopic (exact) mass is 381 g/mol. The van der Waals surface area contributed by atoms with Crippen LogP contribution in [0.15, 0.2) is 65.8 Å². The Hall–Kier alpha value is -2.73. The van der Waals surface area contributed by atoms with Gasteiger partial charge in [0.15, 0.2) is 5.16 Å². The molecule has 0 unspecified atom stereocenters. The van der Waals surface area contributed by atoms with E-state index in [2.05, 4.69) is 15.3 Å². The van der Waals surface area contributed by atoms with E-state index in [0.717, 1.165) is 22.5 Å². The first kappa shape index (κ1) is 19.0. The minimum atomic E-state index is -0.479. The van der Waals surface area contributed by atoms with Crippen molar-refractivity contribution >= 4 is 17.7 Å². The molecular formula is C21H20FN3OS. The van der Waals surface area contributed by atoms with Gasteiger partial charge in [-0.25, -0.2) is 14.4 Å². The fraction of sp³-hybridized carbons (Fsp3) is 0.190. The number of hydrogen-bond acceptors (Lipinski definition) is 4. The molecule has 1 heterocycles. The highest BCUT2D eigenvalue weighted by molar-refractivity contribution is 8.00. The molecule has 3 aromatic rings. The van der Waals surface area contributed by atoms with Crippen LogP contribution in [-0.4, -0.2) is 15.9 Å². The van der Waals surface area contributed by atoms with Crippen LogP contribution in [0.1, 0.15) is 27.8 Å². The van der Waals surface area contributed by atoms with Crippen molar-refractivity contribution in [3.63, 3.8) is 0 Å². The number of carbonyl (C=O) groups is 1. The third-order valence-electron chi connectivity index (χ3n) is 3.91. The quantitative estimate of drug-likeness (QED) is 0.508. The predicted molar refractivity (Wildman–Crippen MR) is 105 cm³/mol. The first-order valence-electron chi connectivity index (χ1n) is 8.57. The van der Waals surface area contributed by atoms with Crippen molar-refractivity contribution in [2.24, 2.45) is 0 Å². The maximum absolute atomic E-state index is 13.0. The fourth-order valence-corrected chi connectivity index (χ4v) is 3.72. The van der Waals surface area contributed by atoms with Crippen molar-refractivity contribution in [1.82, 2.24) is 15.3 Å². The lowest BCUT2D eigenvalue weighted by molar-refractivity contribution is -0.120. The van der Waals surface area contributed by atoms with Crippen molar-refractivity contribution in [2.75, 3.05) is 0 Å². The summed E-state index contributed by atoms with van der Waals surface area (Å²) in [5.74, 6) is -0.437. The van der Waals surface area contributed by atoms with E-state index in [4.69, 9.17) is 0 Å². The van der Waals surface area contributed by atoms with Gasteiger partial charge >= 0.3 is 0 Å². The maximum atomic E-state index is 13.0. The summed E-state index contributed by atoms with van der Waals surface area (Å²) in [6, 6.07) is 17.5. The van der Waals surface area contributed by atoms with Gasteiger partial charge in [-0.3, -0.25) is 4.79 Å². The number of aryl methyl sites for hydroxylation is 2. The second-order valence-corrected chi connectivity index (χ2v) is 7.26. The zero-order valence-corrected chi connectivity index (χ0v) is 16.0. The molecule has 0 aliphatic rings. The van der Waals surface area contributed by atoms with Crippen LogP contribution in [0.2, 0.25) is 0 Å². The molecule has 0 saturated heterocycles. The fourth-order valence-electron chi connectivity index (χ4n) is 2.64. The molecule has 1 atom stereocenters. The zero-order chi connectivity index (χ0) is 19.2. The van der Waals surface area contributed by atoms with Gasteiger partial charge in [-0.05, 0) is 43.2 Å². The highest BCUT2D eigenvalue weighted by atomic mass is 32.2. The Kier molecular flexibility index (Phi) is 6.19. The van der Waals surface area contributed by atoms with Gasteiger partial charge in [0, 0.05) is 17.9 Å². The molecule has 0 aliphatic carbocycles. The molecule has 0 saturated carbocycles. The Morgan fingerprint density at radius 1 is 1.04 bits per heavy atom. The Balaban J connectivity index is 1.78. The molecule has 1 amide bonds. The minimum absolute atomic E-state index is 0.140. The molecule has 4 nitrogen and oxygen atoms in total. The van der Waals surface area contributed by atoms with Crippen LogP contribution in [0, 0.1) is 19.7 Å². The normalized spacial score (nSPS) is 11.8. The van der Waals surface area contributed by atoms with E-state index < -0.39 is 5.25 Å². The largest absolute Gasteiger partial charge is 0.351 e. The Morgan fingerprint density at radius 2 is 1.67 bits per heavy atom. The summed E-state index contributed by atoms with van der Waals surface area (Å²) in [5.41, 5.74) is 3.44. The van der Waals surface area contributed by atoms with E-state index in [0.29, 0.717) is 11.7 Å². The summed E-state index contributed by atoms with van der Waals surface area (Å²) in [6.45, 7) is 4.15. The number of nitrogens with one attached hydrogen (secondary N) is 1. The van der Waals surface area contributed by atoms with Crippen LogP contribution in [0.25, 0.3) is 0 Å². The van der Waals surface area contributed by atoms with Gasteiger partial charge in [0.2, 0.25) is 5.91 Å². The van der Waals surface area contributed by atoms with Gasteiger partial charge in [0.1, 0.15) is 11.1 Å². The van der Waals surface area contributed by atoms with Crippen molar-refractivity contribution < 1.29 is 9.18 Å². The smallest absolute Gasteiger partial charge is 0.238 e. The SMILES string of the molecule is Cc1cc(C)nc(S[C@@H](C(=O)NCc2ccc(F)cc2)c2ccccc2)n1. The number of aromatic nitrogens is 2.